The summed E-state index contributed by atoms with van der Waals surface area (Å²) >= 11 is 0. The summed E-state index contributed by atoms with van der Waals surface area (Å²) in [6.07, 6.45) is 5.68. The van der Waals surface area contributed by atoms with Gasteiger partial charge in [-0.15, -0.1) is 0 Å². The minimum Gasteiger partial charge on any atom is -0.371 e. The van der Waals surface area contributed by atoms with Gasteiger partial charge in [0.1, 0.15) is 0 Å². The quantitative estimate of drug-likeness (QED) is 0.838. The van der Waals surface area contributed by atoms with Crippen LogP contribution in [0.4, 0.5) is 4.39 Å². The number of unbranched alkanes of at least 4 members (excludes halogenated alkanes) is 1. The molecule has 0 bridgehead atoms. The Balaban J connectivity index is 2.13. The number of carbonyl (C=O) groups excluding carboxylic acids is 1. The van der Waals surface area contributed by atoms with Crippen LogP contribution in [-0.4, -0.2) is 41.1 Å². The van der Waals surface area contributed by atoms with Gasteiger partial charge in [-0.05, 0) is 18.4 Å². The molecular weight excluding hydrogens is 283 g/mol. The van der Waals surface area contributed by atoms with Crippen LogP contribution in [0.2, 0.25) is 0 Å². The third kappa shape index (κ3) is 4.03. The van der Waals surface area contributed by atoms with Gasteiger partial charge in [-0.1, -0.05) is 33.6 Å². The molecule has 2 rings (SSSR count). The van der Waals surface area contributed by atoms with Crippen molar-refractivity contribution >= 4 is 5.91 Å². The molecule has 1 aliphatic rings. The molecule has 5 heteroatoms. The van der Waals surface area contributed by atoms with Gasteiger partial charge >= 0.3 is 0 Å². The maximum atomic E-state index is 13.8. The molecule has 1 aromatic heterocycles. The normalized spacial score (nSPS) is 22.1. The molecule has 4 nitrogen and oxygen atoms in total. The Kier molecular flexibility index (Phi) is 5.89. The number of aromatic nitrogens is 1. The second-order valence-corrected chi connectivity index (χ2v) is 6.25. The number of ether oxygens (including phenoxy) is 1. The minimum absolute atomic E-state index is 0.00412. The van der Waals surface area contributed by atoms with Crippen LogP contribution in [0.15, 0.2) is 18.5 Å². The number of pyridine rings is 1. The summed E-state index contributed by atoms with van der Waals surface area (Å²) in [4.78, 5) is 18.0. The van der Waals surface area contributed by atoms with Gasteiger partial charge in [0.2, 0.25) is 0 Å². The zero-order valence-electron chi connectivity index (χ0n) is 13.6. The Morgan fingerprint density at radius 1 is 1.50 bits per heavy atom. The zero-order chi connectivity index (χ0) is 16.1. The molecule has 1 aliphatic heterocycles. The summed E-state index contributed by atoms with van der Waals surface area (Å²) < 4.78 is 19.9. The van der Waals surface area contributed by atoms with E-state index in [4.69, 9.17) is 4.74 Å². The molecule has 0 aromatic carbocycles. The summed E-state index contributed by atoms with van der Waals surface area (Å²) in [6.45, 7) is 7.35. The van der Waals surface area contributed by atoms with Crippen LogP contribution in [0.3, 0.4) is 0 Å². The summed E-state index contributed by atoms with van der Waals surface area (Å²) in [7, 11) is 0. The highest BCUT2D eigenvalue weighted by Gasteiger charge is 2.33. The number of hydrogen-bond donors (Lipinski definition) is 0. The second-order valence-electron chi connectivity index (χ2n) is 6.25. The van der Waals surface area contributed by atoms with E-state index in [1.807, 2.05) is 0 Å². The van der Waals surface area contributed by atoms with E-state index in [1.54, 1.807) is 4.90 Å². The van der Waals surface area contributed by atoms with Crippen LogP contribution in [0.1, 0.15) is 50.4 Å². The summed E-state index contributed by atoms with van der Waals surface area (Å²) in [5.41, 5.74) is 0.0913. The van der Waals surface area contributed by atoms with Crippen molar-refractivity contribution in [1.29, 1.82) is 0 Å². The Labute approximate surface area is 131 Å². The summed E-state index contributed by atoms with van der Waals surface area (Å²) in [5, 5.41) is 0. The predicted octanol–water partition coefficient (Wildman–Crippen LogP) is 3.28. The lowest BCUT2D eigenvalue weighted by Gasteiger charge is -2.40. The zero-order valence-corrected chi connectivity index (χ0v) is 13.6. The number of carbonyl (C=O) groups is 1. The molecule has 1 fully saturated rings. The lowest BCUT2D eigenvalue weighted by Crippen LogP contribution is -2.51. The molecule has 2 heterocycles. The molecule has 0 aliphatic carbocycles. The van der Waals surface area contributed by atoms with Crippen LogP contribution >= 0.6 is 0 Å². The molecule has 0 N–H and O–H groups in total. The fourth-order valence-electron chi connectivity index (χ4n) is 2.71. The van der Waals surface area contributed by atoms with Crippen LogP contribution in [0, 0.1) is 11.7 Å². The van der Waals surface area contributed by atoms with Crippen molar-refractivity contribution in [3.8, 4) is 0 Å². The van der Waals surface area contributed by atoms with E-state index in [-0.39, 0.29) is 23.7 Å². The predicted molar refractivity (Wildman–Crippen MR) is 83.1 cm³/mol. The van der Waals surface area contributed by atoms with Gasteiger partial charge < -0.3 is 9.64 Å². The van der Waals surface area contributed by atoms with Gasteiger partial charge in [0.05, 0.1) is 24.0 Å². The highest BCUT2D eigenvalue weighted by atomic mass is 19.1. The molecular formula is C17H25FN2O2. The van der Waals surface area contributed by atoms with Gasteiger partial charge in [-0.3, -0.25) is 9.78 Å². The molecule has 122 valence electrons. The topological polar surface area (TPSA) is 42.4 Å². The molecule has 1 aromatic rings. The van der Waals surface area contributed by atoms with Crippen molar-refractivity contribution in [3.05, 3.63) is 29.8 Å². The molecule has 1 amide bonds. The van der Waals surface area contributed by atoms with E-state index in [0.717, 1.165) is 25.5 Å². The third-order valence-electron chi connectivity index (χ3n) is 4.10. The largest absolute Gasteiger partial charge is 0.371 e. The highest BCUT2D eigenvalue weighted by molar-refractivity contribution is 5.94. The molecule has 2 atom stereocenters. The van der Waals surface area contributed by atoms with Gasteiger partial charge in [-0.2, -0.15) is 0 Å². The first-order chi connectivity index (χ1) is 10.5. The monoisotopic (exact) mass is 308 g/mol. The smallest absolute Gasteiger partial charge is 0.257 e. The standard InChI is InChI=1S/C17H25FN2O2/c1-4-5-6-13-10-20(11-16(22-13)12(2)3)17(21)14-7-8-19-9-15(14)18/h7-9,12-13,16H,4-6,10-11H2,1-3H3/t13-,16-/m1/s1. The van der Waals surface area contributed by atoms with Crippen molar-refractivity contribution in [2.75, 3.05) is 13.1 Å². The molecule has 0 radical (unpaired) electrons. The van der Waals surface area contributed by atoms with E-state index < -0.39 is 5.82 Å². The number of amides is 1. The van der Waals surface area contributed by atoms with E-state index in [2.05, 4.69) is 25.8 Å². The number of rotatable bonds is 5. The summed E-state index contributed by atoms with van der Waals surface area (Å²) in [6, 6.07) is 1.44. The Bertz CT molecular complexity index is 507. The average Bonchev–Trinajstić information content (AvgIpc) is 2.52. The van der Waals surface area contributed by atoms with Gasteiger partial charge in [0.15, 0.2) is 5.82 Å². The lowest BCUT2D eigenvalue weighted by molar-refractivity contribution is -0.0963. The van der Waals surface area contributed by atoms with Gasteiger partial charge in [-0.25, -0.2) is 4.39 Å². The highest BCUT2D eigenvalue weighted by Crippen LogP contribution is 2.22. The number of morpholine rings is 1. The number of nitrogens with zero attached hydrogens (tertiary/aromatic N) is 2. The van der Waals surface area contributed by atoms with E-state index in [0.29, 0.717) is 19.0 Å². The Morgan fingerprint density at radius 3 is 2.91 bits per heavy atom. The van der Waals surface area contributed by atoms with Crippen LogP contribution in [0.5, 0.6) is 0 Å². The first-order valence-electron chi connectivity index (χ1n) is 8.07. The fourth-order valence-corrected chi connectivity index (χ4v) is 2.71. The number of halogens is 1. The van der Waals surface area contributed by atoms with Crippen LogP contribution in [0.25, 0.3) is 0 Å². The third-order valence-corrected chi connectivity index (χ3v) is 4.10. The molecule has 0 saturated carbocycles. The maximum absolute atomic E-state index is 13.8. The van der Waals surface area contributed by atoms with Gasteiger partial charge in [0.25, 0.3) is 5.91 Å². The van der Waals surface area contributed by atoms with E-state index in [1.165, 1.54) is 12.3 Å². The molecule has 0 spiro atoms. The van der Waals surface area contributed by atoms with Crippen molar-refractivity contribution in [2.24, 2.45) is 5.92 Å². The van der Waals surface area contributed by atoms with Gasteiger partial charge in [0, 0.05) is 19.3 Å². The average molecular weight is 308 g/mol. The summed E-state index contributed by atoms with van der Waals surface area (Å²) in [5.74, 6) is -0.512. The van der Waals surface area contributed by atoms with Crippen molar-refractivity contribution in [3.63, 3.8) is 0 Å². The fraction of sp³-hybridized carbons (Fsp3) is 0.647. The van der Waals surface area contributed by atoms with Crippen molar-refractivity contribution in [2.45, 2.75) is 52.2 Å². The number of hydrogen-bond acceptors (Lipinski definition) is 3. The molecule has 22 heavy (non-hydrogen) atoms. The lowest BCUT2D eigenvalue weighted by atomic mass is 10.0. The van der Waals surface area contributed by atoms with Crippen LogP contribution < -0.4 is 0 Å². The van der Waals surface area contributed by atoms with Crippen molar-refractivity contribution < 1.29 is 13.9 Å². The molecule has 1 saturated heterocycles. The Hall–Kier alpha value is -1.49. The maximum Gasteiger partial charge on any atom is 0.257 e. The molecule has 0 unspecified atom stereocenters. The first kappa shape index (κ1) is 16.9. The van der Waals surface area contributed by atoms with Crippen molar-refractivity contribution in [1.82, 2.24) is 9.88 Å². The first-order valence-corrected chi connectivity index (χ1v) is 8.07. The minimum atomic E-state index is -0.565. The Morgan fingerprint density at radius 2 is 2.27 bits per heavy atom. The van der Waals surface area contributed by atoms with E-state index >= 15 is 0 Å². The SMILES string of the molecule is CCCC[C@@H]1CN(C(=O)c2ccncc2F)C[C@H](C(C)C)O1. The van der Waals surface area contributed by atoms with Crippen LogP contribution in [-0.2, 0) is 4.74 Å². The van der Waals surface area contributed by atoms with E-state index in [9.17, 15) is 9.18 Å². The second kappa shape index (κ2) is 7.68.